The highest BCUT2D eigenvalue weighted by molar-refractivity contribution is 5.85. The fourth-order valence-electron chi connectivity index (χ4n) is 2.35. The van der Waals surface area contributed by atoms with Gasteiger partial charge < -0.3 is 10.4 Å². The minimum absolute atomic E-state index is 0.167. The van der Waals surface area contributed by atoms with Crippen LogP contribution in [0.1, 0.15) is 19.3 Å². The van der Waals surface area contributed by atoms with Crippen molar-refractivity contribution in [1.29, 1.82) is 0 Å². The van der Waals surface area contributed by atoms with Crippen molar-refractivity contribution in [3.63, 3.8) is 0 Å². The van der Waals surface area contributed by atoms with E-state index in [2.05, 4.69) is 15.6 Å². The van der Waals surface area contributed by atoms with Crippen LogP contribution >= 0.6 is 0 Å². The summed E-state index contributed by atoms with van der Waals surface area (Å²) in [6, 6.07) is 0. The van der Waals surface area contributed by atoms with Gasteiger partial charge in [-0.2, -0.15) is 0 Å². The van der Waals surface area contributed by atoms with Gasteiger partial charge >= 0.3 is 5.97 Å². The molecule has 7 nitrogen and oxygen atoms in total. The minimum atomic E-state index is -0.871. The summed E-state index contributed by atoms with van der Waals surface area (Å²) >= 11 is 0. The first kappa shape index (κ1) is 12.5. The van der Waals surface area contributed by atoms with Crippen LogP contribution in [0.4, 0.5) is 0 Å². The molecule has 1 fully saturated rings. The molecule has 1 aromatic rings. The summed E-state index contributed by atoms with van der Waals surface area (Å²) in [4.78, 5) is 22.8. The molecule has 1 saturated carbocycles. The summed E-state index contributed by atoms with van der Waals surface area (Å²) in [5.41, 5.74) is 0. The average molecular weight is 252 g/mol. The van der Waals surface area contributed by atoms with Gasteiger partial charge in [-0.05, 0) is 12.8 Å². The van der Waals surface area contributed by atoms with Crippen LogP contribution in [0.2, 0.25) is 0 Å². The van der Waals surface area contributed by atoms with E-state index in [0.29, 0.717) is 25.9 Å². The number of amides is 1. The molecule has 1 aromatic heterocycles. The molecule has 0 bridgehead atoms. The fourth-order valence-corrected chi connectivity index (χ4v) is 2.35. The molecular weight excluding hydrogens is 236 g/mol. The van der Waals surface area contributed by atoms with E-state index >= 15 is 0 Å². The number of nitrogens with one attached hydrogen (secondary N) is 1. The van der Waals surface area contributed by atoms with Crippen LogP contribution in [0.5, 0.6) is 0 Å². The van der Waals surface area contributed by atoms with E-state index in [0.717, 1.165) is 6.42 Å². The average Bonchev–Trinajstić information content (AvgIpc) is 2.99. The molecule has 18 heavy (non-hydrogen) atoms. The Hall–Kier alpha value is -1.92. The van der Waals surface area contributed by atoms with Gasteiger partial charge in [0.1, 0.15) is 0 Å². The molecule has 0 aromatic carbocycles. The summed E-state index contributed by atoms with van der Waals surface area (Å²) in [5.74, 6) is -1.96. The molecule has 1 amide bonds. The summed E-state index contributed by atoms with van der Waals surface area (Å²) < 4.78 is 1.61. The molecular formula is C11H16N4O3. The van der Waals surface area contributed by atoms with Crippen LogP contribution < -0.4 is 5.32 Å². The predicted octanol–water partition coefficient (Wildman–Crippen LogP) is -0.105. The molecule has 0 saturated heterocycles. The third kappa shape index (κ3) is 2.85. The number of aromatic nitrogens is 3. The third-order valence-corrected chi connectivity index (χ3v) is 3.28. The van der Waals surface area contributed by atoms with Crippen molar-refractivity contribution in [3.8, 4) is 0 Å². The summed E-state index contributed by atoms with van der Waals surface area (Å²) in [6.45, 7) is 0.973. The highest BCUT2D eigenvalue weighted by atomic mass is 16.4. The first-order chi connectivity index (χ1) is 8.68. The lowest BCUT2D eigenvalue weighted by molar-refractivity contribution is -0.146. The quantitative estimate of drug-likeness (QED) is 0.762. The first-order valence-electron chi connectivity index (χ1n) is 6.03. The Morgan fingerprint density at radius 1 is 1.39 bits per heavy atom. The molecule has 98 valence electrons. The zero-order valence-electron chi connectivity index (χ0n) is 9.95. The highest BCUT2D eigenvalue weighted by Gasteiger charge is 2.37. The summed E-state index contributed by atoms with van der Waals surface area (Å²) in [5, 5.41) is 19.2. The van der Waals surface area contributed by atoms with Gasteiger partial charge in [-0.25, -0.2) is 0 Å². The van der Waals surface area contributed by atoms with Gasteiger partial charge in [-0.15, -0.1) is 5.10 Å². The van der Waals surface area contributed by atoms with Crippen LogP contribution in [0.25, 0.3) is 0 Å². The Balaban J connectivity index is 1.79. The van der Waals surface area contributed by atoms with Crippen molar-refractivity contribution in [2.24, 2.45) is 11.8 Å². The highest BCUT2D eigenvalue weighted by Crippen LogP contribution is 2.31. The van der Waals surface area contributed by atoms with E-state index in [1.807, 2.05) is 0 Å². The largest absolute Gasteiger partial charge is 0.481 e. The zero-order valence-corrected chi connectivity index (χ0v) is 9.95. The van der Waals surface area contributed by atoms with Crippen molar-refractivity contribution >= 4 is 11.9 Å². The van der Waals surface area contributed by atoms with Gasteiger partial charge in [-0.3, -0.25) is 14.3 Å². The van der Waals surface area contributed by atoms with Crippen molar-refractivity contribution in [1.82, 2.24) is 20.3 Å². The van der Waals surface area contributed by atoms with E-state index in [-0.39, 0.29) is 5.91 Å². The monoisotopic (exact) mass is 252 g/mol. The first-order valence-corrected chi connectivity index (χ1v) is 6.03. The number of nitrogens with zero attached hydrogens (tertiary/aromatic N) is 3. The normalized spacial score (nSPS) is 22.9. The van der Waals surface area contributed by atoms with Crippen molar-refractivity contribution in [2.45, 2.75) is 25.8 Å². The standard InChI is InChI=1S/C11H16N4O3/c16-10(8-2-1-3-9(8)11(17)18)12-4-6-15-7-5-13-14-15/h5,7-9H,1-4,6H2,(H,12,16)(H,17,18). The lowest BCUT2D eigenvalue weighted by Crippen LogP contribution is -2.36. The topological polar surface area (TPSA) is 97.1 Å². The molecule has 7 heteroatoms. The second kappa shape index (κ2) is 5.61. The molecule has 0 aliphatic heterocycles. The van der Waals surface area contributed by atoms with E-state index in [1.54, 1.807) is 17.1 Å². The van der Waals surface area contributed by atoms with E-state index in [9.17, 15) is 9.59 Å². The molecule has 2 rings (SSSR count). The molecule has 2 unspecified atom stereocenters. The van der Waals surface area contributed by atoms with Crippen LogP contribution in [-0.2, 0) is 16.1 Å². The fraction of sp³-hybridized carbons (Fsp3) is 0.636. The van der Waals surface area contributed by atoms with Crippen LogP contribution in [0.15, 0.2) is 12.4 Å². The number of aliphatic carboxylic acids is 1. The maximum Gasteiger partial charge on any atom is 0.307 e. The number of carbonyl (C=O) groups is 2. The van der Waals surface area contributed by atoms with Crippen molar-refractivity contribution in [2.75, 3.05) is 6.54 Å². The molecule has 1 heterocycles. The van der Waals surface area contributed by atoms with Gasteiger partial charge in [0.25, 0.3) is 0 Å². The molecule has 0 spiro atoms. The van der Waals surface area contributed by atoms with Gasteiger partial charge in [-0.1, -0.05) is 11.6 Å². The second-order valence-electron chi connectivity index (χ2n) is 4.44. The van der Waals surface area contributed by atoms with E-state index in [4.69, 9.17) is 5.11 Å². The van der Waals surface area contributed by atoms with Crippen LogP contribution in [0, 0.1) is 11.8 Å². The van der Waals surface area contributed by atoms with Gasteiger partial charge in [0.05, 0.1) is 24.6 Å². The zero-order chi connectivity index (χ0) is 13.0. The number of hydrogen-bond donors (Lipinski definition) is 2. The number of rotatable bonds is 5. The molecule has 1 aliphatic carbocycles. The third-order valence-electron chi connectivity index (χ3n) is 3.28. The summed E-state index contributed by atoms with van der Waals surface area (Å²) in [6.07, 6.45) is 5.34. The Bertz CT molecular complexity index is 418. The molecule has 2 N–H and O–H groups in total. The van der Waals surface area contributed by atoms with Crippen LogP contribution in [0.3, 0.4) is 0 Å². The van der Waals surface area contributed by atoms with E-state index in [1.165, 1.54) is 0 Å². The number of carboxylic acids is 1. The molecule has 1 aliphatic rings. The smallest absolute Gasteiger partial charge is 0.307 e. The van der Waals surface area contributed by atoms with E-state index < -0.39 is 17.8 Å². The summed E-state index contributed by atoms with van der Waals surface area (Å²) in [7, 11) is 0. The predicted molar refractivity (Wildman–Crippen MR) is 61.5 cm³/mol. The van der Waals surface area contributed by atoms with Gasteiger partial charge in [0, 0.05) is 12.7 Å². The maximum atomic E-state index is 11.9. The lowest BCUT2D eigenvalue weighted by atomic mass is 9.95. The number of hydrogen-bond acceptors (Lipinski definition) is 4. The maximum absolute atomic E-state index is 11.9. The van der Waals surface area contributed by atoms with Gasteiger partial charge in [0.2, 0.25) is 5.91 Å². The molecule has 0 radical (unpaired) electrons. The number of carbonyl (C=O) groups excluding carboxylic acids is 1. The molecule has 2 atom stereocenters. The van der Waals surface area contributed by atoms with Crippen molar-refractivity contribution in [3.05, 3.63) is 12.4 Å². The van der Waals surface area contributed by atoms with Gasteiger partial charge in [0.15, 0.2) is 0 Å². The van der Waals surface area contributed by atoms with Crippen molar-refractivity contribution < 1.29 is 14.7 Å². The SMILES string of the molecule is O=C(O)C1CCCC1C(=O)NCCn1ccnn1. The Morgan fingerprint density at radius 2 is 2.17 bits per heavy atom. The number of carboxylic acid groups (broad SMARTS) is 1. The van der Waals surface area contributed by atoms with Crippen LogP contribution in [-0.4, -0.2) is 38.5 Å². The Kier molecular flexibility index (Phi) is 3.91. The minimum Gasteiger partial charge on any atom is -0.481 e. The second-order valence-corrected chi connectivity index (χ2v) is 4.44. The Morgan fingerprint density at radius 3 is 2.83 bits per heavy atom. The Labute approximate surface area is 104 Å². The lowest BCUT2D eigenvalue weighted by Gasteiger charge is -2.15.